The van der Waals surface area contributed by atoms with Gasteiger partial charge in [-0.05, 0) is 12.1 Å². The van der Waals surface area contributed by atoms with Gasteiger partial charge < -0.3 is 19.0 Å². The van der Waals surface area contributed by atoms with Crippen molar-refractivity contribution in [1.29, 1.82) is 0 Å². The van der Waals surface area contributed by atoms with Crippen LogP contribution < -0.4 is 9.47 Å². The Morgan fingerprint density at radius 2 is 2.11 bits per heavy atom. The molecule has 2 rings (SSSR count). The zero-order valence-corrected chi connectivity index (χ0v) is 9.62. The molecule has 1 aromatic heterocycles. The number of para-hydroxylation sites is 2. The molecular formula is C12H11NO5. The number of nitrogens with zero attached hydrogens (tertiary/aromatic N) is 1. The highest BCUT2D eigenvalue weighted by atomic mass is 16.5. The first-order valence-corrected chi connectivity index (χ1v) is 5.14. The van der Waals surface area contributed by atoms with Crippen LogP contribution in [0.15, 0.2) is 34.9 Å². The number of hydrogen-bond donors (Lipinski definition) is 1. The highest BCUT2D eigenvalue weighted by Gasteiger charge is 2.12. The van der Waals surface area contributed by atoms with Gasteiger partial charge in [0.2, 0.25) is 0 Å². The van der Waals surface area contributed by atoms with E-state index in [1.807, 2.05) is 12.1 Å². The summed E-state index contributed by atoms with van der Waals surface area (Å²) in [5.74, 6) is -0.411. The lowest BCUT2D eigenvalue weighted by molar-refractivity contribution is 0.0653. The van der Waals surface area contributed by atoms with E-state index in [1.165, 1.54) is 6.26 Å². The number of ether oxygens (including phenoxy) is 2. The summed E-state index contributed by atoms with van der Waals surface area (Å²) >= 11 is 0. The molecule has 6 nitrogen and oxygen atoms in total. The molecule has 0 aliphatic rings. The average molecular weight is 249 g/mol. The van der Waals surface area contributed by atoms with Crippen LogP contribution in [0.1, 0.15) is 16.4 Å². The molecule has 0 saturated heterocycles. The molecule has 2 aromatic rings. The topological polar surface area (TPSA) is 81.8 Å². The van der Waals surface area contributed by atoms with E-state index >= 15 is 0 Å². The molecule has 1 aromatic carbocycles. The van der Waals surface area contributed by atoms with Crippen LogP contribution in [0, 0.1) is 0 Å². The number of aromatic carboxylic acids is 1. The highest BCUT2D eigenvalue weighted by molar-refractivity contribution is 5.82. The van der Waals surface area contributed by atoms with Gasteiger partial charge in [0.15, 0.2) is 11.5 Å². The molecule has 6 heteroatoms. The largest absolute Gasteiger partial charge is 0.493 e. The van der Waals surface area contributed by atoms with Gasteiger partial charge in [-0.25, -0.2) is 9.78 Å². The van der Waals surface area contributed by atoms with Crippen LogP contribution >= 0.6 is 0 Å². The second kappa shape index (κ2) is 5.22. The predicted molar refractivity (Wildman–Crippen MR) is 60.8 cm³/mol. The minimum absolute atomic E-state index is 0.108. The summed E-state index contributed by atoms with van der Waals surface area (Å²) in [7, 11) is 1.54. The number of aromatic nitrogens is 1. The molecule has 0 radical (unpaired) electrons. The molecule has 1 heterocycles. The summed E-state index contributed by atoms with van der Waals surface area (Å²) < 4.78 is 15.3. The van der Waals surface area contributed by atoms with Crippen molar-refractivity contribution in [3.05, 3.63) is 42.1 Å². The standard InChI is InChI=1S/C12H11NO5/c1-16-9-4-2-3-5-10(9)17-6-8-7-18-11(13-8)12(14)15/h2-5,7H,6H2,1H3,(H,14,15). The molecule has 0 bridgehead atoms. The Morgan fingerprint density at radius 1 is 1.39 bits per heavy atom. The molecule has 1 N–H and O–H groups in total. The summed E-state index contributed by atoms with van der Waals surface area (Å²) in [6, 6.07) is 7.14. The Bertz CT molecular complexity index is 549. The number of hydrogen-bond acceptors (Lipinski definition) is 5. The van der Waals surface area contributed by atoms with Gasteiger partial charge in [0.05, 0.1) is 7.11 Å². The highest BCUT2D eigenvalue weighted by Crippen LogP contribution is 2.26. The van der Waals surface area contributed by atoms with Crippen LogP contribution in [0.3, 0.4) is 0 Å². The van der Waals surface area contributed by atoms with Crippen molar-refractivity contribution in [3.8, 4) is 11.5 Å². The predicted octanol–water partition coefficient (Wildman–Crippen LogP) is 1.96. The lowest BCUT2D eigenvalue weighted by atomic mass is 10.3. The fraction of sp³-hybridized carbons (Fsp3) is 0.167. The van der Waals surface area contributed by atoms with Gasteiger partial charge in [-0.1, -0.05) is 12.1 Å². The molecule has 0 spiro atoms. The van der Waals surface area contributed by atoms with E-state index < -0.39 is 5.97 Å². The summed E-state index contributed by atoms with van der Waals surface area (Å²) in [6.45, 7) is 0.108. The first-order chi connectivity index (χ1) is 8.70. The van der Waals surface area contributed by atoms with E-state index in [2.05, 4.69) is 4.98 Å². The molecule has 94 valence electrons. The lowest BCUT2D eigenvalue weighted by Crippen LogP contribution is -2.00. The van der Waals surface area contributed by atoms with E-state index in [1.54, 1.807) is 19.2 Å². The molecule has 0 saturated carbocycles. The quantitative estimate of drug-likeness (QED) is 0.872. The van der Waals surface area contributed by atoms with Crippen LogP contribution in [-0.2, 0) is 6.61 Å². The average Bonchev–Trinajstić information content (AvgIpc) is 2.85. The van der Waals surface area contributed by atoms with Crippen LogP contribution in [0.5, 0.6) is 11.5 Å². The van der Waals surface area contributed by atoms with Gasteiger partial charge in [-0.2, -0.15) is 0 Å². The summed E-state index contributed by atoms with van der Waals surface area (Å²) in [4.78, 5) is 14.3. The Labute approximate surface area is 103 Å². The van der Waals surface area contributed by atoms with Crippen molar-refractivity contribution in [2.45, 2.75) is 6.61 Å². The van der Waals surface area contributed by atoms with Crippen LogP contribution in [0.2, 0.25) is 0 Å². The van der Waals surface area contributed by atoms with Crippen molar-refractivity contribution in [2.75, 3.05) is 7.11 Å². The zero-order valence-electron chi connectivity index (χ0n) is 9.62. The maximum absolute atomic E-state index is 10.6. The van der Waals surface area contributed by atoms with Crippen LogP contribution in [0.4, 0.5) is 0 Å². The first kappa shape index (κ1) is 12.0. The summed E-state index contributed by atoms with van der Waals surface area (Å²) in [5.41, 5.74) is 0.401. The molecule has 0 unspecified atom stereocenters. The number of oxazole rings is 1. The summed E-state index contributed by atoms with van der Waals surface area (Å²) in [6.07, 6.45) is 1.25. The second-order valence-corrected chi connectivity index (χ2v) is 3.39. The Balaban J connectivity index is 2.04. The van der Waals surface area contributed by atoms with Gasteiger partial charge in [-0.3, -0.25) is 0 Å². The van der Waals surface area contributed by atoms with Gasteiger partial charge in [0, 0.05) is 0 Å². The van der Waals surface area contributed by atoms with Crippen molar-refractivity contribution < 1.29 is 23.8 Å². The van der Waals surface area contributed by atoms with Crippen molar-refractivity contribution >= 4 is 5.97 Å². The SMILES string of the molecule is COc1ccccc1OCc1coc(C(=O)O)n1. The smallest absolute Gasteiger partial charge is 0.392 e. The van der Waals surface area contributed by atoms with Crippen molar-refractivity contribution in [3.63, 3.8) is 0 Å². The summed E-state index contributed by atoms with van der Waals surface area (Å²) in [5, 5.41) is 8.65. The first-order valence-electron chi connectivity index (χ1n) is 5.14. The molecule has 0 aliphatic carbocycles. The number of methoxy groups -OCH3 is 1. The molecule has 0 amide bonds. The number of carboxylic acid groups (broad SMARTS) is 1. The van der Waals surface area contributed by atoms with E-state index in [4.69, 9.17) is 19.0 Å². The van der Waals surface area contributed by atoms with Crippen molar-refractivity contribution in [1.82, 2.24) is 4.98 Å². The Morgan fingerprint density at radius 3 is 2.72 bits per heavy atom. The minimum Gasteiger partial charge on any atom is -0.493 e. The second-order valence-electron chi connectivity index (χ2n) is 3.39. The Kier molecular flexibility index (Phi) is 3.47. The number of carboxylic acids is 1. The van der Waals surface area contributed by atoms with Gasteiger partial charge in [0.25, 0.3) is 0 Å². The molecule has 0 aliphatic heterocycles. The van der Waals surface area contributed by atoms with E-state index in [9.17, 15) is 4.79 Å². The molecule has 0 atom stereocenters. The lowest BCUT2D eigenvalue weighted by Gasteiger charge is -2.08. The van der Waals surface area contributed by atoms with Gasteiger partial charge >= 0.3 is 11.9 Å². The van der Waals surface area contributed by atoms with E-state index in [-0.39, 0.29) is 12.5 Å². The van der Waals surface area contributed by atoms with Gasteiger partial charge in [-0.15, -0.1) is 0 Å². The molecular weight excluding hydrogens is 238 g/mol. The number of carbonyl (C=O) groups is 1. The maximum atomic E-state index is 10.6. The third-order valence-corrected chi connectivity index (χ3v) is 2.18. The van der Waals surface area contributed by atoms with E-state index in [0.717, 1.165) is 0 Å². The number of benzene rings is 1. The number of rotatable bonds is 5. The normalized spacial score (nSPS) is 10.1. The zero-order chi connectivity index (χ0) is 13.0. The van der Waals surface area contributed by atoms with Crippen molar-refractivity contribution in [2.24, 2.45) is 0 Å². The Hall–Kier alpha value is -2.50. The third kappa shape index (κ3) is 2.60. The maximum Gasteiger partial charge on any atom is 0.392 e. The third-order valence-electron chi connectivity index (χ3n) is 2.18. The monoisotopic (exact) mass is 249 g/mol. The van der Waals surface area contributed by atoms with Crippen LogP contribution in [-0.4, -0.2) is 23.2 Å². The minimum atomic E-state index is -1.21. The fourth-order valence-corrected chi connectivity index (χ4v) is 1.36. The molecule has 18 heavy (non-hydrogen) atoms. The van der Waals surface area contributed by atoms with E-state index in [0.29, 0.717) is 17.2 Å². The fourth-order valence-electron chi connectivity index (χ4n) is 1.36. The molecule has 0 fully saturated rings. The van der Waals surface area contributed by atoms with Gasteiger partial charge in [0.1, 0.15) is 18.6 Å². The van der Waals surface area contributed by atoms with Crippen LogP contribution in [0.25, 0.3) is 0 Å².